The van der Waals surface area contributed by atoms with Crippen molar-refractivity contribution in [2.45, 2.75) is 32.7 Å². The number of alkyl halides is 2. The van der Waals surface area contributed by atoms with Crippen molar-refractivity contribution in [2.24, 2.45) is 0 Å². The SMILES string of the molecule is COc1cc2nc(C)nc(NC(C)c3cccc(C(F)F)c3F)c2cc1C1=CCS(=O)(=O)CC1. The fraction of sp³-hybridized carbons (Fsp3) is 0.333. The molecule has 1 unspecified atom stereocenters. The van der Waals surface area contributed by atoms with E-state index in [1.54, 1.807) is 26.0 Å². The summed E-state index contributed by atoms with van der Waals surface area (Å²) in [7, 11) is -1.58. The summed E-state index contributed by atoms with van der Waals surface area (Å²) < 4.78 is 70.3. The van der Waals surface area contributed by atoms with E-state index in [1.165, 1.54) is 19.2 Å². The second-order valence-corrected chi connectivity index (χ2v) is 10.4. The molecule has 0 bridgehead atoms. The maximum atomic E-state index is 14.7. The number of methoxy groups -OCH3 is 1. The van der Waals surface area contributed by atoms with Gasteiger partial charge in [0, 0.05) is 22.6 Å². The minimum atomic E-state index is -3.10. The molecule has 3 aromatic rings. The smallest absolute Gasteiger partial charge is 0.266 e. The number of benzene rings is 2. The zero-order chi connectivity index (χ0) is 24.6. The Hall–Kier alpha value is -3.14. The van der Waals surface area contributed by atoms with Gasteiger partial charge in [-0.15, -0.1) is 0 Å². The van der Waals surface area contributed by atoms with Gasteiger partial charge in [0.25, 0.3) is 6.43 Å². The van der Waals surface area contributed by atoms with Gasteiger partial charge in [-0.1, -0.05) is 24.3 Å². The molecule has 1 aromatic heterocycles. The highest BCUT2D eigenvalue weighted by molar-refractivity contribution is 7.91. The minimum absolute atomic E-state index is 0.0458. The minimum Gasteiger partial charge on any atom is -0.496 e. The number of rotatable bonds is 6. The van der Waals surface area contributed by atoms with E-state index < -0.39 is 33.7 Å². The number of fused-ring (bicyclic) bond motifs is 1. The summed E-state index contributed by atoms with van der Waals surface area (Å²) in [6.07, 6.45) is -0.892. The molecule has 34 heavy (non-hydrogen) atoms. The zero-order valence-corrected chi connectivity index (χ0v) is 19.7. The van der Waals surface area contributed by atoms with Crippen molar-refractivity contribution in [3.05, 3.63) is 64.7 Å². The van der Waals surface area contributed by atoms with Crippen LogP contribution in [-0.4, -0.2) is 37.0 Å². The van der Waals surface area contributed by atoms with Gasteiger partial charge in [-0.25, -0.2) is 31.6 Å². The van der Waals surface area contributed by atoms with Crippen LogP contribution in [0.4, 0.5) is 19.0 Å². The molecule has 2 heterocycles. The van der Waals surface area contributed by atoms with E-state index in [0.29, 0.717) is 34.7 Å². The maximum Gasteiger partial charge on any atom is 0.266 e. The van der Waals surface area contributed by atoms with Gasteiger partial charge >= 0.3 is 0 Å². The lowest BCUT2D eigenvalue weighted by atomic mass is 9.99. The average Bonchev–Trinajstić information content (AvgIpc) is 2.78. The highest BCUT2D eigenvalue weighted by Crippen LogP contribution is 2.37. The number of hydrogen-bond acceptors (Lipinski definition) is 6. The Morgan fingerprint density at radius 1 is 1.15 bits per heavy atom. The van der Waals surface area contributed by atoms with Crippen molar-refractivity contribution in [1.29, 1.82) is 0 Å². The van der Waals surface area contributed by atoms with Crippen molar-refractivity contribution in [1.82, 2.24) is 9.97 Å². The Kier molecular flexibility index (Phi) is 6.53. The van der Waals surface area contributed by atoms with Crippen LogP contribution in [0.1, 0.15) is 48.3 Å². The number of ether oxygens (including phenoxy) is 1. The fourth-order valence-corrected chi connectivity index (χ4v) is 5.23. The van der Waals surface area contributed by atoms with Gasteiger partial charge in [-0.05, 0) is 31.9 Å². The Bertz CT molecular complexity index is 1390. The molecule has 1 aliphatic heterocycles. The van der Waals surface area contributed by atoms with Crippen LogP contribution in [0.5, 0.6) is 5.75 Å². The van der Waals surface area contributed by atoms with E-state index in [0.717, 1.165) is 17.2 Å². The molecule has 10 heteroatoms. The Morgan fingerprint density at radius 3 is 2.53 bits per heavy atom. The van der Waals surface area contributed by atoms with Crippen molar-refractivity contribution in [3.8, 4) is 5.75 Å². The fourth-order valence-electron chi connectivity index (χ4n) is 4.08. The lowest BCUT2D eigenvalue weighted by Gasteiger charge is -2.20. The van der Waals surface area contributed by atoms with Gasteiger partial charge < -0.3 is 10.1 Å². The molecule has 2 aromatic carbocycles. The van der Waals surface area contributed by atoms with E-state index >= 15 is 0 Å². The molecule has 180 valence electrons. The Morgan fingerprint density at radius 2 is 1.88 bits per heavy atom. The normalized spacial score (nSPS) is 16.4. The predicted molar refractivity (Wildman–Crippen MR) is 125 cm³/mol. The van der Waals surface area contributed by atoms with E-state index in [4.69, 9.17) is 4.74 Å². The van der Waals surface area contributed by atoms with Crippen LogP contribution >= 0.6 is 0 Å². The first kappa shape index (κ1) is 24.0. The highest BCUT2D eigenvalue weighted by Gasteiger charge is 2.23. The summed E-state index contributed by atoms with van der Waals surface area (Å²) in [5, 5.41) is 3.76. The molecule has 1 atom stereocenters. The molecule has 0 spiro atoms. The molecule has 0 saturated heterocycles. The number of sulfone groups is 1. The lowest BCUT2D eigenvalue weighted by molar-refractivity contribution is 0.146. The standard InChI is InChI=1S/C24H24F3N3O3S/c1-13(16-5-4-6-17(22(16)25)23(26)27)28-24-19-11-18(15-7-9-34(31,32)10-8-15)21(33-3)12-20(19)29-14(2)30-24/h4-7,11-13,23H,8-10H2,1-3H3,(H,28,29,30). The summed E-state index contributed by atoms with van der Waals surface area (Å²) in [5.74, 6) is 0.461. The molecule has 4 rings (SSSR count). The van der Waals surface area contributed by atoms with Crippen molar-refractivity contribution < 1.29 is 26.3 Å². The number of hydrogen-bond donors (Lipinski definition) is 1. The largest absolute Gasteiger partial charge is 0.496 e. The van der Waals surface area contributed by atoms with E-state index in [1.807, 2.05) is 6.07 Å². The Balaban J connectivity index is 1.79. The van der Waals surface area contributed by atoms with Crippen LogP contribution in [-0.2, 0) is 9.84 Å². The van der Waals surface area contributed by atoms with E-state index in [-0.39, 0.29) is 17.1 Å². The van der Waals surface area contributed by atoms with E-state index in [9.17, 15) is 21.6 Å². The quantitative estimate of drug-likeness (QED) is 0.497. The van der Waals surface area contributed by atoms with Gasteiger partial charge in [-0.2, -0.15) is 0 Å². The first-order valence-electron chi connectivity index (χ1n) is 10.7. The van der Waals surface area contributed by atoms with Gasteiger partial charge in [0.2, 0.25) is 0 Å². The monoisotopic (exact) mass is 491 g/mol. The molecular formula is C24H24F3N3O3S. The van der Waals surface area contributed by atoms with Gasteiger partial charge in [0.15, 0.2) is 9.84 Å². The molecular weight excluding hydrogens is 467 g/mol. The summed E-state index contributed by atoms with van der Waals surface area (Å²) >= 11 is 0. The topological polar surface area (TPSA) is 81.2 Å². The summed E-state index contributed by atoms with van der Waals surface area (Å²) in [5.41, 5.74) is 1.58. The van der Waals surface area contributed by atoms with Crippen molar-refractivity contribution in [2.75, 3.05) is 23.9 Å². The molecule has 0 amide bonds. The number of nitrogens with zero attached hydrogens (tertiary/aromatic N) is 2. The molecule has 6 nitrogen and oxygen atoms in total. The number of anilines is 1. The summed E-state index contributed by atoms with van der Waals surface area (Å²) in [6.45, 7) is 3.37. The lowest BCUT2D eigenvalue weighted by Crippen LogP contribution is -2.15. The molecule has 0 fully saturated rings. The van der Waals surface area contributed by atoms with Crippen molar-refractivity contribution >= 4 is 32.1 Å². The second kappa shape index (κ2) is 9.25. The Labute approximate surface area is 195 Å². The first-order chi connectivity index (χ1) is 16.1. The van der Waals surface area contributed by atoms with Crippen LogP contribution in [0.15, 0.2) is 36.4 Å². The van der Waals surface area contributed by atoms with Gasteiger partial charge in [-0.3, -0.25) is 0 Å². The van der Waals surface area contributed by atoms with Crippen LogP contribution in [0.2, 0.25) is 0 Å². The number of nitrogens with one attached hydrogen (secondary N) is 1. The third-order valence-corrected chi connectivity index (χ3v) is 7.35. The molecule has 0 aliphatic carbocycles. The third kappa shape index (κ3) is 4.72. The van der Waals surface area contributed by atoms with Crippen LogP contribution in [0.25, 0.3) is 16.5 Å². The van der Waals surface area contributed by atoms with Crippen molar-refractivity contribution in [3.63, 3.8) is 0 Å². The zero-order valence-electron chi connectivity index (χ0n) is 18.9. The number of allylic oxidation sites excluding steroid dienone is 1. The van der Waals surface area contributed by atoms with Crippen LogP contribution < -0.4 is 10.1 Å². The number of aromatic nitrogens is 2. The van der Waals surface area contributed by atoms with Crippen LogP contribution in [0, 0.1) is 12.7 Å². The molecule has 1 N–H and O–H groups in total. The first-order valence-corrected chi connectivity index (χ1v) is 12.5. The van der Waals surface area contributed by atoms with Crippen LogP contribution in [0.3, 0.4) is 0 Å². The molecule has 0 radical (unpaired) electrons. The third-order valence-electron chi connectivity index (χ3n) is 5.85. The molecule has 1 aliphatic rings. The summed E-state index contributed by atoms with van der Waals surface area (Å²) in [4.78, 5) is 8.94. The predicted octanol–water partition coefficient (Wildman–Crippen LogP) is 5.40. The second-order valence-electron chi connectivity index (χ2n) is 8.20. The highest BCUT2D eigenvalue weighted by atomic mass is 32.2. The average molecular weight is 492 g/mol. The van der Waals surface area contributed by atoms with Gasteiger partial charge in [0.1, 0.15) is 23.2 Å². The molecule has 0 saturated carbocycles. The van der Waals surface area contributed by atoms with E-state index in [2.05, 4.69) is 15.3 Å². The number of aryl methyl sites for hydroxylation is 1. The summed E-state index contributed by atoms with van der Waals surface area (Å²) in [6, 6.07) is 6.82. The van der Waals surface area contributed by atoms with Gasteiger partial charge in [0.05, 0.1) is 35.7 Å². The maximum absolute atomic E-state index is 14.7. The number of halogens is 3.